The van der Waals surface area contributed by atoms with E-state index in [0.717, 1.165) is 27.6 Å². The van der Waals surface area contributed by atoms with Crippen molar-refractivity contribution in [2.75, 3.05) is 0 Å². The number of halogens is 1. The quantitative estimate of drug-likeness (QED) is 0.666. The van der Waals surface area contributed by atoms with Crippen LogP contribution in [0.15, 0.2) is 67.0 Å². The lowest BCUT2D eigenvalue weighted by Gasteiger charge is -2.18. The molecule has 0 spiro atoms. The lowest BCUT2D eigenvalue weighted by molar-refractivity contribution is -0.119. The third-order valence-corrected chi connectivity index (χ3v) is 4.33. The Kier molecular flexibility index (Phi) is 5.06. The van der Waals surface area contributed by atoms with E-state index in [2.05, 4.69) is 16.9 Å². The molecule has 2 N–H and O–H groups in total. The molecule has 0 aliphatic carbocycles. The minimum absolute atomic E-state index is 0.0986. The summed E-state index contributed by atoms with van der Waals surface area (Å²) in [6, 6.07) is 17.2. The van der Waals surface area contributed by atoms with Gasteiger partial charge in [-0.05, 0) is 30.9 Å². The molecule has 3 rings (SSSR count). The zero-order valence-corrected chi connectivity index (χ0v) is 15.3. The maximum Gasteiger partial charge on any atom is 0.279 e. The molecule has 0 bridgehead atoms. The van der Waals surface area contributed by atoms with Gasteiger partial charge in [-0.15, -0.1) is 0 Å². The fraction of sp³-hybridized carbons (Fsp3) is 0.182. The second-order valence-corrected chi connectivity index (χ2v) is 6.91. The first-order valence-corrected chi connectivity index (χ1v) is 8.60. The van der Waals surface area contributed by atoms with Crippen LogP contribution >= 0.6 is 0 Å². The van der Waals surface area contributed by atoms with Gasteiger partial charge >= 0.3 is 0 Å². The summed E-state index contributed by atoms with van der Waals surface area (Å²) in [5, 5.41) is 14.5. The van der Waals surface area contributed by atoms with Gasteiger partial charge in [-0.25, -0.2) is 4.39 Å². The molecule has 1 aromatic heterocycles. The van der Waals surface area contributed by atoms with E-state index in [-0.39, 0.29) is 6.54 Å². The molecule has 0 atom stereocenters. The largest absolute Gasteiger partial charge is 0.386 e. The van der Waals surface area contributed by atoms with Gasteiger partial charge in [0.05, 0.1) is 23.5 Å². The van der Waals surface area contributed by atoms with Crippen molar-refractivity contribution in [3.8, 4) is 11.3 Å². The predicted octanol–water partition coefficient (Wildman–Crippen LogP) is 4.23. The minimum Gasteiger partial charge on any atom is -0.386 e. The Bertz CT molecular complexity index is 1000. The Labute approximate surface area is 157 Å². The van der Waals surface area contributed by atoms with E-state index < -0.39 is 17.3 Å². The number of nitrogens with one attached hydrogen (secondary N) is 1. The molecule has 0 aliphatic heterocycles. The van der Waals surface area contributed by atoms with Crippen LogP contribution in [0.2, 0.25) is 0 Å². The van der Waals surface area contributed by atoms with E-state index in [0.29, 0.717) is 5.69 Å². The van der Waals surface area contributed by atoms with E-state index in [4.69, 9.17) is 0 Å². The lowest BCUT2D eigenvalue weighted by atomic mass is 9.95. The number of aromatic nitrogens is 1. The number of pyridine rings is 1. The van der Waals surface area contributed by atoms with Crippen LogP contribution in [0.4, 0.5) is 4.39 Å². The molecule has 138 valence electrons. The summed E-state index contributed by atoms with van der Waals surface area (Å²) in [6.45, 7) is 6.56. The fourth-order valence-corrected chi connectivity index (χ4v) is 2.87. The number of amides is 1. The van der Waals surface area contributed by atoms with Crippen LogP contribution in [0.5, 0.6) is 0 Å². The molecule has 0 saturated heterocycles. The number of carbonyl (C=O) groups excluding carboxylic acids is 1. The molecule has 4 nitrogen and oxygen atoms in total. The molecule has 0 saturated carbocycles. The number of benzene rings is 2. The van der Waals surface area contributed by atoms with Crippen LogP contribution in [0.25, 0.3) is 22.0 Å². The van der Waals surface area contributed by atoms with Crippen LogP contribution in [0.1, 0.15) is 25.1 Å². The van der Waals surface area contributed by atoms with Crippen molar-refractivity contribution in [3.05, 3.63) is 78.3 Å². The molecule has 2 aromatic carbocycles. The number of nitrogens with zero attached hydrogens (tertiary/aromatic N) is 1. The van der Waals surface area contributed by atoms with Crippen LogP contribution in [0.3, 0.4) is 0 Å². The first kappa shape index (κ1) is 18.7. The molecule has 0 aliphatic rings. The number of aliphatic hydroxyl groups is 1. The van der Waals surface area contributed by atoms with Gasteiger partial charge in [0.25, 0.3) is 5.91 Å². The summed E-state index contributed by atoms with van der Waals surface area (Å²) in [5.41, 5.74) is 2.15. The summed E-state index contributed by atoms with van der Waals surface area (Å²) in [5.74, 6) is -1.88. The summed E-state index contributed by atoms with van der Waals surface area (Å²) in [4.78, 5) is 16.1. The average molecular weight is 364 g/mol. The number of hydrogen-bond donors (Lipinski definition) is 2. The summed E-state index contributed by atoms with van der Waals surface area (Å²) >= 11 is 0. The zero-order valence-electron chi connectivity index (χ0n) is 15.3. The molecule has 0 unspecified atom stereocenters. The molecule has 0 radical (unpaired) electrons. The molecule has 27 heavy (non-hydrogen) atoms. The van der Waals surface area contributed by atoms with Crippen molar-refractivity contribution in [2.24, 2.45) is 0 Å². The fourth-order valence-electron chi connectivity index (χ4n) is 2.87. The standard InChI is InChI=1S/C22H21FN2O2/c1-14(23)21(26)24-13-18-12-16-6-4-5-7-19(16)20(25-18)15-8-10-17(11-9-15)22(2,3)27/h4-12,27H,1,13H2,2-3H3,(H,24,26). The number of rotatable bonds is 5. The minimum atomic E-state index is -1.03. The Morgan fingerprint density at radius 2 is 1.85 bits per heavy atom. The van der Waals surface area contributed by atoms with E-state index >= 15 is 0 Å². The summed E-state index contributed by atoms with van der Waals surface area (Å²) < 4.78 is 12.9. The Balaban J connectivity index is 2.03. The van der Waals surface area contributed by atoms with Crippen LogP contribution in [-0.2, 0) is 16.9 Å². The molecular weight excluding hydrogens is 343 g/mol. The van der Waals surface area contributed by atoms with E-state index in [1.54, 1.807) is 13.8 Å². The molecular formula is C22H21FN2O2. The predicted molar refractivity (Wildman–Crippen MR) is 105 cm³/mol. The van der Waals surface area contributed by atoms with Gasteiger partial charge in [0, 0.05) is 10.9 Å². The van der Waals surface area contributed by atoms with Gasteiger partial charge in [-0.2, -0.15) is 0 Å². The highest BCUT2D eigenvalue weighted by Crippen LogP contribution is 2.29. The Hall–Kier alpha value is -3.05. The number of fused-ring (bicyclic) bond motifs is 1. The first-order chi connectivity index (χ1) is 12.8. The van der Waals surface area contributed by atoms with Gasteiger partial charge < -0.3 is 10.4 Å². The highest BCUT2D eigenvalue weighted by Gasteiger charge is 2.16. The third-order valence-electron chi connectivity index (χ3n) is 4.33. The topological polar surface area (TPSA) is 62.2 Å². The van der Waals surface area contributed by atoms with Crippen LogP contribution < -0.4 is 5.32 Å². The molecule has 0 fully saturated rings. The van der Waals surface area contributed by atoms with Crippen molar-refractivity contribution < 1.29 is 14.3 Å². The second kappa shape index (κ2) is 7.29. The summed E-state index contributed by atoms with van der Waals surface area (Å²) in [7, 11) is 0. The van der Waals surface area contributed by atoms with Gasteiger partial charge in [-0.1, -0.05) is 55.1 Å². The molecule has 1 heterocycles. The van der Waals surface area contributed by atoms with E-state index in [1.165, 1.54) is 0 Å². The van der Waals surface area contributed by atoms with Crippen molar-refractivity contribution in [1.29, 1.82) is 0 Å². The zero-order chi connectivity index (χ0) is 19.6. The van der Waals surface area contributed by atoms with Gasteiger partial charge in [0.15, 0.2) is 5.83 Å². The SMILES string of the molecule is C=C(F)C(=O)NCc1cc2ccccc2c(-c2ccc(C(C)(C)O)cc2)n1. The normalized spacial score (nSPS) is 11.4. The highest BCUT2D eigenvalue weighted by molar-refractivity contribution is 5.95. The molecule has 1 amide bonds. The van der Waals surface area contributed by atoms with E-state index in [1.807, 2.05) is 54.6 Å². The van der Waals surface area contributed by atoms with Crippen LogP contribution in [0, 0.1) is 0 Å². The maximum atomic E-state index is 12.9. The first-order valence-electron chi connectivity index (χ1n) is 8.60. The van der Waals surface area contributed by atoms with Crippen molar-refractivity contribution >= 4 is 16.7 Å². The second-order valence-electron chi connectivity index (χ2n) is 6.91. The molecule has 5 heteroatoms. The third kappa shape index (κ3) is 4.20. The smallest absolute Gasteiger partial charge is 0.279 e. The van der Waals surface area contributed by atoms with Crippen molar-refractivity contribution in [1.82, 2.24) is 10.3 Å². The average Bonchev–Trinajstić information content (AvgIpc) is 2.64. The van der Waals surface area contributed by atoms with Gasteiger partial charge in [-0.3, -0.25) is 9.78 Å². The van der Waals surface area contributed by atoms with Crippen LogP contribution in [-0.4, -0.2) is 16.0 Å². The monoisotopic (exact) mass is 364 g/mol. The van der Waals surface area contributed by atoms with Gasteiger partial charge in [0.2, 0.25) is 0 Å². The lowest BCUT2D eigenvalue weighted by Crippen LogP contribution is -2.23. The highest BCUT2D eigenvalue weighted by atomic mass is 19.1. The van der Waals surface area contributed by atoms with E-state index in [9.17, 15) is 14.3 Å². The molecule has 3 aromatic rings. The van der Waals surface area contributed by atoms with Crippen molar-refractivity contribution in [2.45, 2.75) is 26.0 Å². The number of hydrogen-bond acceptors (Lipinski definition) is 3. The summed E-state index contributed by atoms with van der Waals surface area (Å²) in [6.07, 6.45) is 0. The van der Waals surface area contributed by atoms with Gasteiger partial charge in [0.1, 0.15) is 0 Å². The Morgan fingerprint density at radius 3 is 2.48 bits per heavy atom. The van der Waals surface area contributed by atoms with Crippen molar-refractivity contribution in [3.63, 3.8) is 0 Å². The maximum absolute atomic E-state index is 12.9. The Morgan fingerprint density at radius 1 is 1.19 bits per heavy atom. The number of carbonyl (C=O) groups is 1.